The number of hydrogen-bond donors (Lipinski definition) is 3. The Kier molecular flexibility index (Phi) is 6.93. The van der Waals surface area contributed by atoms with Gasteiger partial charge in [0.1, 0.15) is 0 Å². The van der Waals surface area contributed by atoms with Crippen molar-refractivity contribution >= 4 is 40.7 Å². The quantitative estimate of drug-likeness (QED) is 0.541. The number of hydrazine groups is 1. The van der Waals surface area contributed by atoms with Crippen molar-refractivity contribution in [1.29, 1.82) is 0 Å². The molecule has 0 fully saturated rings. The van der Waals surface area contributed by atoms with Crippen LogP contribution < -0.4 is 16.2 Å². The molecule has 0 aliphatic carbocycles. The average molecular weight is 404 g/mol. The minimum Gasteiger partial charge on any atom is -0.298 e. The second kappa shape index (κ2) is 8.97. The van der Waals surface area contributed by atoms with Crippen LogP contribution in [0.5, 0.6) is 0 Å². The molecule has 27 heavy (non-hydrogen) atoms. The highest BCUT2D eigenvalue weighted by atomic mass is 35.5. The summed E-state index contributed by atoms with van der Waals surface area (Å²) in [6.45, 7) is 6.32. The van der Waals surface area contributed by atoms with Crippen LogP contribution in [0.25, 0.3) is 0 Å². The largest absolute Gasteiger partial charge is 0.298 e. The lowest BCUT2D eigenvalue weighted by molar-refractivity contribution is -0.121. The average Bonchev–Trinajstić information content (AvgIpc) is 2.61. The fourth-order valence-electron chi connectivity index (χ4n) is 2.29. The van der Waals surface area contributed by atoms with Gasteiger partial charge in [-0.1, -0.05) is 56.6 Å². The first kappa shape index (κ1) is 20.9. The van der Waals surface area contributed by atoms with Crippen LogP contribution in [-0.4, -0.2) is 16.9 Å². The highest BCUT2D eigenvalue weighted by Gasteiger charge is 2.15. The maximum absolute atomic E-state index is 12.2. The molecule has 0 radical (unpaired) electrons. The van der Waals surface area contributed by atoms with E-state index >= 15 is 0 Å². The number of amides is 2. The molecule has 0 aliphatic rings. The first-order chi connectivity index (χ1) is 12.6. The van der Waals surface area contributed by atoms with Crippen LogP contribution in [0.3, 0.4) is 0 Å². The summed E-state index contributed by atoms with van der Waals surface area (Å²) in [4.78, 5) is 24.1. The Balaban J connectivity index is 1.81. The number of halogens is 1. The Labute approximate surface area is 169 Å². The third-order valence-electron chi connectivity index (χ3n) is 3.83. The first-order valence-corrected chi connectivity index (χ1v) is 9.19. The first-order valence-electron chi connectivity index (χ1n) is 8.40. The minimum atomic E-state index is -0.347. The van der Waals surface area contributed by atoms with E-state index in [9.17, 15) is 9.59 Å². The molecule has 2 amide bonds. The summed E-state index contributed by atoms with van der Waals surface area (Å²) < 4.78 is 0. The van der Waals surface area contributed by atoms with Crippen molar-refractivity contribution < 1.29 is 9.59 Å². The summed E-state index contributed by atoms with van der Waals surface area (Å²) in [6, 6.07) is 14.3. The molecule has 0 atom stereocenters. The number of benzene rings is 2. The van der Waals surface area contributed by atoms with Gasteiger partial charge < -0.3 is 0 Å². The molecule has 0 spiro atoms. The standard InChI is InChI=1S/C20H22ClN3O2S/c1-20(2,3)15-8-6-14(7-9-15)18(26)22-19(27)24-23-17(25)12-13-4-10-16(21)11-5-13/h4-11H,12H2,1-3H3,(H,23,25)(H2,22,24,26,27). The van der Waals surface area contributed by atoms with Gasteiger partial charge in [0, 0.05) is 10.6 Å². The topological polar surface area (TPSA) is 70.2 Å². The SMILES string of the molecule is CC(C)(C)c1ccc(C(=O)NC(=S)NNC(=O)Cc2ccc(Cl)cc2)cc1. The van der Waals surface area contributed by atoms with E-state index in [1.807, 2.05) is 12.1 Å². The fraction of sp³-hybridized carbons (Fsp3) is 0.250. The lowest BCUT2D eigenvalue weighted by Crippen LogP contribution is -2.48. The lowest BCUT2D eigenvalue weighted by Gasteiger charge is -2.19. The van der Waals surface area contributed by atoms with Gasteiger partial charge in [0.05, 0.1) is 6.42 Å². The van der Waals surface area contributed by atoms with Crippen molar-refractivity contribution in [2.45, 2.75) is 32.6 Å². The van der Waals surface area contributed by atoms with Gasteiger partial charge >= 0.3 is 0 Å². The van der Waals surface area contributed by atoms with E-state index in [-0.39, 0.29) is 28.8 Å². The van der Waals surface area contributed by atoms with E-state index in [1.54, 1.807) is 36.4 Å². The molecule has 3 N–H and O–H groups in total. The van der Waals surface area contributed by atoms with Gasteiger partial charge in [-0.3, -0.25) is 25.8 Å². The summed E-state index contributed by atoms with van der Waals surface area (Å²) in [6.07, 6.45) is 0.162. The lowest BCUT2D eigenvalue weighted by atomic mass is 9.87. The Morgan fingerprint density at radius 3 is 2.11 bits per heavy atom. The molecule has 2 rings (SSSR count). The number of carbonyl (C=O) groups excluding carboxylic acids is 2. The molecular weight excluding hydrogens is 382 g/mol. The molecule has 142 valence electrons. The Morgan fingerprint density at radius 2 is 1.56 bits per heavy atom. The Bertz CT molecular complexity index is 828. The summed E-state index contributed by atoms with van der Waals surface area (Å²) >= 11 is 10.9. The number of carbonyl (C=O) groups is 2. The van der Waals surface area contributed by atoms with Crippen molar-refractivity contribution in [3.8, 4) is 0 Å². The Hall–Kier alpha value is -2.44. The van der Waals surface area contributed by atoms with Gasteiger partial charge in [0.15, 0.2) is 5.11 Å². The maximum Gasteiger partial charge on any atom is 0.257 e. The third kappa shape index (κ3) is 6.66. The predicted molar refractivity (Wildman–Crippen MR) is 112 cm³/mol. The number of hydrogen-bond acceptors (Lipinski definition) is 3. The monoisotopic (exact) mass is 403 g/mol. The van der Waals surface area contributed by atoms with Crippen LogP contribution in [0.15, 0.2) is 48.5 Å². The zero-order chi connectivity index (χ0) is 20.0. The van der Waals surface area contributed by atoms with Crippen LogP contribution in [-0.2, 0) is 16.6 Å². The molecule has 0 aromatic heterocycles. The normalized spacial score (nSPS) is 10.8. The predicted octanol–water partition coefficient (Wildman–Crippen LogP) is 3.52. The molecule has 5 nitrogen and oxygen atoms in total. The molecule has 7 heteroatoms. The van der Waals surface area contributed by atoms with E-state index in [1.165, 1.54) is 0 Å². The molecule has 0 heterocycles. The smallest absolute Gasteiger partial charge is 0.257 e. The summed E-state index contributed by atoms with van der Waals surface area (Å²) in [5.74, 6) is -0.636. The van der Waals surface area contributed by atoms with Crippen LogP contribution in [0, 0.1) is 0 Å². The van der Waals surface area contributed by atoms with E-state index in [4.69, 9.17) is 23.8 Å². The second-order valence-electron chi connectivity index (χ2n) is 7.09. The Morgan fingerprint density at radius 1 is 0.963 bits per heavy atom. The van der Waals surface area contributed by atoms with E-state index in [2.05, 4.69) is 36.9 Å². The van der Waals surface area contributed by atoms with E-state index < -0.39 is 0 Å². The number of rotatable bonds is 3. The van der Waals surface area contributed by atoms with Gasteiger partial charge in [0.25, 0.3) is 5.91 Å². The van der Waals surface area contributed by atoms with Crippen LogP contribution >= 0.6 is 23.8 Å². The van der Waals surface area contributed by atoms with E-state index in [0.717, 1.165) is 11.1 Å². The summed E-state index contributed by atoms with van der Waals surface area (Å²) in [5.41, 5.74) is 7.42. The molecule has 0 bridgehead atoms. The van der Waals surface area contributed by atoms with Gasteiger partial charge in [-0.25, -0.2) is 0 Å². The second-order valence-corrected chi connectivity index (χ2v) is 7.93. The van der Waals surface area contributed by atoms with Crippen molar-refractivity contribution in [3.63, 3.8) is 0 Å². The fourth-order valence-corrected chi connectivity index (χ4v) is 2.56. The summed E-state index contributed by atoms with van der Waals surface area (Å²) in [5, 5.41) is 3.16. The van der Waals surface area contributed by atoms with Crippen molar-refractivity contribution in [2.75, 3.05) is 0 Å². The number of nitrogens with one attached hydrogen (secondary N) is 3. The van der Waals surface area contributed by atoms with Gasteiger partial charge in [-0.15, -0.1) is 0 Å². The zero-order valence-corrected chi connectivity index (χ0v) is 17.0. The molecule has 2 aromatic rings. The van der Waals surface area contributed by atoms with Crippen molar-refractivity contribution in [3.05, 3.63) is 70.2 Å². The minimum absolute atomic E-state index is 0.0141. The third-order valence-corrected chi connectivity index (χ3v) is 4.29. The highest BCUT2D eigenvalue weighted by Crippen LogP contribution is 2.22. The molecule has 0 unspecified atom stereocenters. The molecule has 0 aliphatic heterocycles. The van der Waals surface area contributed by atoms with Crippen LogP contribution in [0.4, 0.5) is 0 Å². The van der Waals surface area contributed by atoms with Crippen LogP contribution in [0.2, 0.25) is 5.02 Å². The highest BCUT2D eigenvalue weighted by molar-refractivity contribution is 7.80. The van der Waals surface area contributed by atoms with E-state index in [0.29, 0.717) is 10.6 Å². The summed E-state index contributed by atoms with van der Waals surface area (Å²) in [7, 11) is 0. The maximum atomic E-state index is 12.2. The van der Waals surface area contributed by atoms with Gasteiger partial charge in [-0.05, 0) is 53.0 Å². The van der Waals surface area contributed by atoms with Crippen LogP contribution in [0.1, 0.15) is 42.3 Å². The molecule has 0 saturated heterocycles. The van der Waals surface area contributed by atoms with Gasteiger partial charge in [-0.2, -0.15) is 0 Å². The van der Waals surface area contributed by atoms with Gasteiger partial charge in [0.2, 0.25) is 5.91 Å². The molecule has 0 saturated carbocycles. The van der Waals surface area contributed by atoms with Crippen molar-refractivity contribution in [2.24, 2.45) is 0 Å². The molecular formula is C20H22ClN3O2S. The number of thiocarbonyl (C=S) groups is 1. The van der Waals surface area contributed by atoms with Crippen molar-refractivity contribution in [1.82, 2.24) is 16.2 Å². The zero-order valence-electron chi connectivity index (χ0n) is 15.4. The molecule has 2 aromatic carbocycles.